The topological polar surface area (TPSA) is 113 Å². The van der Waals surface area contributed by atoms with E-state index in [9.17, 15) is 18.0 Å². The van der Waals surface area contributed by atoms with Crippen molar-refractivity contribution in [3.05, 3.63) is 23.8 Å². The highest BCUT2D eigenvalue weighted by Crippen LogP contribution is 2.30. The summed E-state index contributed by atoms with van der Waals surface area (Å²) in [6.45, 7) is 2.45. The maximum atomic E-state index is 12.5. The molecule has 0 aliphatic carbocycles. The quantitative estimate of drug-likeness (QED) is 0.760. The molecule has 23 heavy (non-hydrogen) atoms. The highest BCUT2D eigenvalue weighted by atomic mass is 32.2. The molecule has 1 fully saturated rings. The van der Waals surface area contributed by atoms with Crippen molar-refractivity contribution in [2.45, 2.75) is 30.7 Å². The third-order valence-corrected chi connectivity index (χ3v) is 5.07. The van der Waals surface area contributed by atoms with Crippen LogP contribution in [0.1, 0.15) is 18.9 Å². The molecule has 0 bridgehead atoms. The first-order valence-electron chi connectivity index (χ1n) is 7.28. The van der Waals surface area contributed by atoms with E-state index in [0.717, 1.165) is 5.56 Å². The smallest absolute Gasteiger partial charge is 0.243 e. The molecule has 0 radical (unpaired) electrons. The molecular weight excluding hydrogens is 320 g/mol. The standard InChI is InChI=1S/C14H18N4O4S/c1-9-6-13(19)16-18(9)8-14(20)17-5-4-10-7-11(23(15,21)22)2-3-12(10)17/h2-3,7,9H,4-6,8H2,1H3,(H,16,19)(H2,15,21,22)/t9-/m1/s1. The van der Waals surface area contributed by atoms with Crippen molar-refractivity contribution in [2.24, 2.45) is 5.14 Å². The van der Waals surface area contributed by atoms with E-state index in [1.165, 1.54) is 12.1 Å². The van der Waals surface area contributed by atoms with Crippen LogP contribution >= 0.6 is 0 Å². The van der Waals surface area contributed by atoms with Crippen LogP contribution in [0.25, 0.3) is 0 Å². The molecule has 1 aromatic carbocycles. The van der Waals surface area contributed by atoms with Gasteiger partial charge in [-0.15, -0.1) is 0 Å². The molecule has 8 nitrogen and oxygen atoms in total. The molecule has 2 aliphatic rings. The summed E-state index contributed by atoms with van der Waals surface area (Å²) in [4.78, 5) is 25.5. The molecule has 3 N–H and O–H groups in total. The number of anilines is 1. The van der Waals surface area contributed by atoms with E-state index in [-0.39, 0.29) is 29.3 Å². The lowest BCUT2D eigenvalue weighted by Crippen LogP contribution is -2.45. The summed E-state index contributed by atoms with van der Waals surface area (Å²) in [7, 11) is -3.75. The molecule has 0 aromatic heterocycles. The summed E-state index contributed by atoms with van der Waals surface area (Å²) >= 11 is 0. The van der Waals surface area contributed by atoms with Crippen molar-refractivity contribution in [1.82, 2.24) is 10.4 Å². The summed E-state index contributed by atoms with van der Waals surface area (Å²) in [5.41, 5.74) is 4.14. The number of fused-ring (bicyclic) bond motifs is 1. The van der Waals surface area contributed by atoms with Gasteiger partial charge in [0.25, 0.3) is 0 Å². The summed E-state index contributed by atoms with van der Waals surface area (Å²) in [6, 6.07) is 4.49. The number of carbonyl (C=O) groups excluding carboxylic acids is 2. The van der Waals surface area contributed by atoms with Gasteiger partial charge < -0.3 is 4.90 Å². The Kier molecular flexibility index (Phi) is 3.86. The second-order valence-electron chi connectivity index (χ2n) is 5.85. The fraction of sp³-hybridized carbons (Fsp3) is 0.429. The van der Waals surface area contributed by atoms with E-state index in [1.807, 2.05) is 6.92 Å². The number of hydrogen-bond acceptors (Lipinski definition) is 5. The molecule has 1 atom stereocenters. The van der Waals surface area contributed by atoms with E-state index in [4.69, 9.17) is 5.14 Å². The molecule has 124 valence electrons. The van der Waals surface area contributed by atoms with Crippen LogP contribution < -0.4 is 15.5 Å². The van der Waals surface area contributed by atoms with Gasteiger partial charge in [-0.2, -0.15) is 0 Å². The number of hydrogen-bond donors (Lipinski definition) is 2. The zero-order chi connectivity index (χ0) is 16.8. The second kappa shape index (κ2) is 5.59. The Labute approximate surface area is 134 Å². The minimum Gasteiger partial charge on any atom is -0.311 e. The van der Waals surface area contributed by atoms with Crippen molar-refractivity contribution in [3.8, 4) is 0 Å². The lowest BCUT2D eigenvalue weighted by Gasteiger charge is -2.24. The van der Waals surface area contributed by atoms with Crippen molar-refractivity contribution in [1.29, 1.82) is 0 Å². The molecule has 9 heteroatoms. The van der Waals surface area contributed by atoms with Gasteiger partial charge in [-0.1, -0.05) is 0 Å². The first-order chi connectivity index (χ1) is 10.8. The molecule has 3 rings (SSSR count). The molecule has 1 saturated heterocycles. The minimum atomic E-state index is -3.75. The van der Waals surface area contributed by atoms with Crippen LogP contribution in [0.3, 0.4) is 0 Å². The van der Waals surface area contributed by atoms with E-state index in [0.29, 0.717) is 25.1 Å². The molecule has 0 saturated carbocycles. The minimum absolute atomic E-state index is 0.0294. The Morgan fingerprint density at radius 3 is 2.78 bits per heavy atom. The number of primary sulfonamides is 1. The maximum Gasteiger partial charge on any atom is 0.243 e. The zero-order valence-corrected chi connectivity index (χ0v) is 13.5. The van der Waals surface area contributed by atoms with E-state index in [2.05, 4.69) is 5.43 Å². The normalized spacial score (nSPS) is 21.4. The molecule has 2 amide bonds. The summed E-state index contributed by atoms with van der Waals surface area (Å²) < 4.78 is 22.8. The third kappa shape index (κ3) is 3.07. The Morgan fingerprint density at radius 2 is 2.17 bits per heavy atom. The SMILES string of the molecule is C[C@@H]1CC(=O)NN1CC(=O)N1CCc2cc(S(N)(=O)=O)ccc21. The fourth-order valence-corrected chi connectivity index (χ4v) is 3.50. The number of hydrazine groups is 1. The Bertz CT molecular complexity index is 777. The predicted octanol–water partition coefficient (Wildman–Crippen LogP) is -0.651. The summed E-state index contributed by atoms with van der Waals surface area (Å²) in [5.74, 6) is -0.230. The lowest BCUT2D eigenvalue weighted by molar-refractivity contribution is -0.123. The van der Waals surface area contributed by atoms with Crippen LogP contribution in [0.4, 0.5) is 5.69 Å². The summed E-state index contributed by atoms with van der Waals surface area (Å²) in [6.07, 6.45) is 0.952. The van der Waals surface area contributed by atoms with Crippen molar-refractivity contribution < 1.29 is 18.0 Å². The zero-order valence-electron chi connectivity index (χ0n) is 12.7. The molecule has 2 heterocycles. The summed E-state index contributed by atoms with van der Waals surface area (Å²) in [5, 5.41) is 6.75. The monoisotopic (exact) mass is 338 g/mol. The van der Waals surface area contributed by atoms with Crippen LogP contribution in [0, 0.1) is 0 Å². The third-order valence-electron chi connectivity index (χ3n) is 4.16. The molecule has 2 aliphatic heterocycles. The van der Waals surface area contributed by atoms with Gasteiger partial charge in [0.2, 0.25) is 21.8 Å². The fourth-order valence-electron chi connectivity index (χ4n) is 2.94. The van der Waals surface area contributed by atoms with Crippen molar-refractivity contribution >= 4 is 27.5 Å². The number of nitrogens with zero attached hydrogens (tertiary/aromatic N) is 2. The molecule has 0 spiro atoms. The molecule has 1 aromatic rings. The van der Waals surface area contributed by atoms with Gasteiger partial charge in [-0.3, -0.25) is 15.0 Å². The second-order valence-corrected chi connectivity index (χ2v) is 7.41. The van der Waals surface area contributed by atoms with Gasteiger partial charge in [0.15, 0.2) is 0 Å². The number of nitrogens with two attached hydrogens (primary N) is 1. The van der Waals surface area contributed by atoms with E-state index >= 15 is 0 Å². The van der Waals surface area contributed by atoms with Gasteiger partial charge in [0.05, 0.1) is 11.4 Å². The maximum absolute atomic E-state index is 12.5. The van der Waals surface area contributed by atoms with E-state index < -0.39 is 10.0 Å². The number of rotatable bonds is 3. The van der Waals surface area contributed by atoms with Gasteiger partial charge >= 0.3 is 0 Å². The Morgan fingerprint density at radius 1 is 1.43 bits per heavy atom. The van der Waals surface area contributed by atoms with Crippen molar-refractivity contribution in [3.63, 3.8) is 0 Å². The average Bonchev–Trinajstić information content (AvgIpc) is 3.00. The van der Waals surface area contributed by atoms with Crippen LogP contribution in [0.5, 0.6) is 0 Å². The van der Waals surface area contributed by atoms with Gasteiger partial charge in [-0.05, 0) is 37.1 Å². The van der Waals surface area contributed by atoms with Crippen molar-refractivity contribution in [2.75, 3.05) is 18.0 Å². The lowest BCUT2D eigenvalue weighted by atomic mass is 10.2. The molecule has 0 unspecified atom stereocenters. The first kappa shape index (κ1) is 15.9. The number of amides is 2. The first-order valence-corrected chi connectivity index (χ1v) is 8.82. The predicted molar refractivity (Wildman–Crippen MR) is 82.8 cm³/mol. The Hall–Kier alpha value is -1.97. The van der Waals surface area contributed by atoms with Gasteiger partial charge in [0.1, 0.15) is 0 Å². The number of sulfonamides is 1. The van der Waals surface area contributed by atoms with Crippen LogP contribution in [-0.4, -0.2) is 44.4 Å². The van der Waals surface area contributed by atoms with Crippen LogP contribution in [-0.2, 0) is 26.0 Å². The van der Waals surface area contributed by atoms with E-state index in [1.54, 1.807) is 16.0 Å². The average molecular weight is 338 g/mol. The van der Waals surface area contributed by atoms with Gasteiger partial charge in [-0.25, -0.2) is 18.6 Å². The Balaban J connectivity index is 1.77. The van der Waals surface area contributed by atoms with Crippen LogP contribution in [0.15, 0.2) is 23.1 Å². The highest BCUT2D eigenvalue weighted by Gasteiger charge is 2.32. The number of nitrogens with one attached hydrogen (secondary N) is 1. The number of carbonyl (C=O) groups is 2. The largest absolute Gasteiger partial charge is 0.311 e. The number of benzene rings is 1. The molecular formula is C14H18N4O4S. The highest BCUT2D eigenvalue weighted by molar-refractivity contribution is 7.89. The van der Waals surface area contributed by atoms with Gasteiger partial charge in [0, 0.05) is 24.7 Å². The van der Waals surface area contributed by atoms with Crippen LogP contribution in [0.2, 0.25) is 0 Å².